The van der Waals surface area contributed by atoms with Crippen molar-refractivity contribution in [2.45, 2.75) is 150 Å². The molecule has 0 aromatic rings. The van der Waals surface area contributed by atoms with Gasteiger partial charge in [0.15, 0.2) is 5.79 Å². The van der Waals surface area contributed by atoms with Gasteiger partial charge >= 0.3 is 5.97 Å². The number of hydrogen-bond donors (Lipinski definition) is 3. The summed E-state index contributed by atoms with van der Waals surface area (Å²) >= 11 is 0. The van der Waals surface area contributed by atoms with Crippen LogP contribution in [0.15, 0.2) is 0 Å². The number of hydrogen-bond acceptors (Lipinski definition) is 4. The molecule has 5 heteroatoms. The van der Waals surface area contributed by atoms with E-state index in [2.05, 4.69) is 41.5 Å². The minimum Gasteiger partial charge on any atom is -0.481 e. The van der Waals surface area contributed by atoms with Crippen LogP contribution in [0.2, 0.25) is 0 Å². The molecule has 3 N–H and O–H groups in total. The molecule has 5 nitrogen and oxygen atoms in total. The van der Waals surface area contributed by atoms with E-state index in [1.54, 1.807) is 0 Å². The normalized spacial score (nSPS) is 58.3. The molecule has 0 radical (unpaired) electrons. The Kier molecular flexibility index (Phi) is 6.82. The Morgan fingerprint density at radius 2 is 1.58 bits per heavy atom. The maximum atomic E-state index is 12.8. The summed E-state index contributed by atoms with van der Waals surface area (Å²) in [6.45, 7) is 15.2. The highest BCUT2D eigenvalue weighted by atomic mass is 16.6. The van der Waals surface area contributed by atoms with E-state index in [1.165, 1.54) is 57.8 Å². The molecule has 1 aliphatic heterocycles. The first-order chi connectivity index (χ1) is 20.2. The molecule has 0 amide bonds. The quantitative estimate of drug-likeness (QED) is 0.257. The van der Waals surface area contributed by atoms with E-state index in [1.807, 2.05) is 0 Å². The van der Waals surface area contributed by atoms with Gasteiger partial charge in [0.1, 0.15) is 0 Å². The van der Waals surface area contributed by atoms with Crippen molar-refractivity contribution in [1.29, 1.82) is 0 Å². The van der Waals surface area contributed by atoms with E-state index in [4.69, 9.17) is 4.74 Å². The van der Waals surface area contributed by atoms with Gasteiger partial charge in [-0.1, -0.05) is 60.3 Å². The monoisotopic (exact) mass is 598 g/mol. The highest BCUT2D eigenvalue weighted by Crippen LogP contribution is 2.86. The second kappa shape index (κ2) is 9.46. The number of ether oxygens (including phenoxy) is 1. The van der Waals surface area contributed by atoms with Gasteiger partial charge in [-0.3, -0.25) is 4.79 Å². The second-order valence-corrected chi connectivity index (χ2v) is 18.6. The summed E-state index contributed by atoms with van der Waals surface area (Å²) in [5.41, 5.74) is -0.569. The van der Waals surface area contributed by atoms with E-state index >= 15 is 0 Å². The van der Waals surface area contributed by atoms with Crippen molar-refractivity contribution in [1.82, 2.24) is 0 Å². The van der Waals surface area contributed by atoms with Crippen molar-refractivity contribution < 1.29 is 24.9 Å². The Hall–Kier alpha value is -0.650. The largest absolute Gasteiger partial charge is 0.481 e. The van der Waals surface area contributed by atoms with Crippen LogP contribution >= 0.6 is 0 Å². The first-order valence-electron chi connectivity index (χ1n) is 18.4. The number of fused-ring (bicyclic) bond motifs is 5. The average Bonchev–Trinajstić information content (AvgIpc) is 3.13. The number of rotatable bonds is 7. The zero-order valence-corrected chi connectivity index (χ0v) is 28.3. The van der Waals surface area contributed by atoms with Crippen LogP contribution < -0.4 is 0 Å². The fraction of sp³-hybridized carbons (Fsp3) is 0.974. The van der Waals surface area contributed by atoms with Crippen LogP contribution in [0, 0.1) is 67.5 Å². The number of unbranched alkanes of at least 4 members (excludes halogenated alkanes) is 3. The van der Waals surface area contributed by atoms with Crippen LogP contribution in [0.1, 0.15) is 144 Å². The Morgan fingerprint density at radius 3 is 2.28 bits per heavy atom. The van der Waals surface area contributed by atoms with E-state index in [-0.39, 0.29) is 45.0 Å². The third-order valence-electron chi connectivity index (χ3n) is 17.9. The Balaban J connectivity index is 1.39. The lowest BCUT2D eigenvalue weighted by atomic mass is 9.22. The lowest BCUT2D eigenvalue weighted by Crippen LogP contribution is -2.78. The van der Waals surface area contributed by atoms with Crippen LogP contribution in [0.25, 0.3) is 0 Å². The van der Waals surface area contributed by atoms with Gasteiger partial charge in [-0.15, -0.1) is 0 Å². The van der Waals surface area contributed by atoms with Crippen LogP contribution in [-0.2, 0) is 9.53 Å². The molecule has 7 rings (SSSR count). The summed E-state index contributed by atoms with van der Waals surface area (Å²) in [6.07, 6.45) is 17.7. The molecule has 7 aliphatic rings. The third-order valence-corrected chi connectivity index (χ3v) is 17.9. The molecule has 7 fully saturated rings. The van der Waals surface area contributed by atoms with Crippen molar-refractivity contribution in [2.75, 3.05) is 13.2 Å². The van der Waals surface area contributed by atoms with Crippen LogP contribution in [0.5, 0.6) is 0 Å². The standard InChI is InChI=1S/C38H62O5/c1-7-8-9-10-14-35-20-26-11-12-27-21-38(42)25(2)36(24-43-38)15-13-28(34(26,6)37(27,36)23-39)33(35,5)19-18-31(3)16-17-32(4,30(40)41)22-29(31)35/h25-29,39,42H,7-24H2,1-6H3,(H,40,41). The number of aliphatic hydroxyl groups excluding tert-OH is 1. The minimum absolute atomic E-state index is 0.00755. The number of aliphatic hydroxyl groups is 2. The van der Waals surface area contributed by atoms with Crippen LogP contribution in [0.3, 0.4) is 0 Å². The molecule has 0 aromatic heterocycles. The fourth-order valence-corrected chi connectivity index (χ4v) is 15.4. The number of carboxylic acids is 1. The summed E-state index contributed by atoms with van der Waals surface area (Å²) in [4.78, 5) is 12.8. The van der Waals surface area contributed by atoms with Crippen molar-refractivity contribution in [3.8, 4) is 0 Å². The molecule has 2 bridgehead atoms. The number of carboxylic acid groups (broad SMARTS) is 1. The summed E-state index contributed by atoms with van der Waals surface area (Å²) < 4.78 is 6.38. The third kappa shape index (κ3) is 3.39. The SMILES string of the molecule is CCCCCCC12CC3CCC4CC5(O)OCC6(CCC(C1(C)CCC1(C)CCC(C)(C(=O)O)CC12)C3(C)C46CO)C5C. The van der Waals surface area contributed by atoms with Crippen molar-refractivity contribution in [2.24, 2.45) is 67.5 Å². The van der Waals surface area contributed by atoms with E-state index in [9.17, 15) is 20.1 Å². The lowest BCUT2D eigenvalue weighted by molar-refractivity contribution is -0.357. The first-order valence-corrected chi connectivity index (χ1v) is 18.4. The van der Waals surface area contributed by atoms with Crippen molar-refractivity contribution in [3.05, 3.63) is 0 Å². The van der Waals surface area contributed by atoms with Crippen molar-refractivity contribution in [3.63, 3.8) is 0 Å². The summed E-state index contributed by atoms with van der Waals surface area (Å²) in [6, 6.07) is 0. The van der Waals surface area contributed by atoms with Gasteiger partial charge in [0.05, 0.1) is 18.6 Å². The molecule has 0 aromatic carbocycles. The molecule has 244 valence electrons. The second-order valence-electron chi connectivity index (χ2n) is 18.6. The van der Waals surface area contributed by atoms with Gasteiger partial charge < -0.3 is 20.1 Å². The molecular formula is C38H62O5. The maximum absolute atomic E-state index is 12.8. The van der Waals surface area contributed by atoms with E-state index < -0.39 is 17.2 Å². The maximum Gasteiger partial charge on any atom is 0.309 e. The Bertz CT molecular complexity index is 1160. The fourth-order valence-electron chi connectivity index (χ4n) is 15.4. The van der Waals surface area contributed by atoms with E-state index in [0.717, 1.165) is 38.5 Å². The predicted molar refractivity (Wildman–Crippen MR) is 168 cm³/mol. The summed E-state index contributed by atoms with van der Waals surface area (Å²) in [5, 5.41) is 34.1. The molecule has 1 heterocycles. The highest BCUT2D eigenvalue weighted by Gasteiger charge is 2.84. The zero-order chi connectivity index (χ0) is 30.9. The highest BCUT2D eigenvalue weighted by molar-refractivity contribution is 5.74. The molecule has 6 aliphatic carbocycles. The van der Waals surface area contributed by atoms with Gasteiger partial charge in [-0.05, 0) is 123 Å². The van der Waals surface area contributed by atoms with Gasteiger partial charge in [0, 0.05) is 23.2 Å². The Labute approximate surface area is 261 Å². The molecule has 1 saturated heterocycles. The van der Waals surface area contributed by atoms with Gasteiger partial charge in [0.2, 0.25) is 0 Å². The van der Waals surface area contributed by atoms with Crippen LogP contribution in [-0.4, -0.2) is 40.3 Å². The molecular weight excluding hydrogens is 536 g/mol. The predicted octanol–water partition coefficient (Wildman–Crippen LogP) is 8.21. The minimum atomic E-state index is -1.04. The van der Waals surface area contributed by atoms with E-state index in [0.29, 0.717) is 36.7 Å². The zero-order valence-electron chi connectivity index (χ0n) is 28.3. The van der Waals surface area contributed by atoms with Gasteiger partial charge in [0.25, 0.3) is 0 Å². The molecule has 43 heavy (non-hydrogen) atoms. The Morgan fingerprint density at radius 1 is 0.860 bits per heavy atom. The van der Waals surface area contributed by atoms with Crippen molar-refractivity contribution >= 4 is 5.97 Å². The topological polar surface area (TPSA) is 87.0 Å². The number of carbonyl (C=O) groups is 1. The summed E-state index contributed by atoms with van der Waals surface area (Å²) in [7, 11) is 0. The van der Waals surface area contributed by atoms with Gasteiger partial charge in [-0.25, -0.2) is 0 Å². The molecule has 1 spiro atoms. The average molecular weight is 599 g/mol. The lowest BCUT2D eigenvalue weighted by Gasteiger charge is -2.82. The molecule has 13 unspecified atom stereocenters. The van der Waals surface area contributed by atoms with Gasteiger partial charge in [-0.2, -0.15) is 0 Å². The number of aliphatic carboxylic acids is 1. The smallest absolute Gasteiger partial charge is 0.309 e. The molecule has 6 saturated carbocycles. The first kappa shape index (κ1) is 31.0. The van der Waals surface area contributed by atoms with Crippen LogP contribution in [0.4, 0.5) is 0 Å². The summed E-state index contributed by atoms with van der Waals surface area (Å²) in [5.74, 6) is 0.166. The molecule has 13 atom stereocenters.